The number of phenols is 2. The SMILES string of the molecule is Nc1ccc(N=Nc2ccc(-c3ccc(N=Nc4c(S(=O)(=O)O)cc5cc(S(=O)(=O)O)c(N=Nc6ccc([N+](=O)[O-])cc6)c(N)c5c4O)cc3)cc2)c2cc(S(=O)(=O)O)ccc12.Nc1ccc(N=Nc2ccc(-c3ccc(N=Nc4c(S(=O)(=O)O)cc5cc(S(=O)(=O)O)c(N=Nc6ccc([N+](=O)[O-])cc6)c(N)c5c4O)cc3)cc2)c2ccc(S(=O)(=O)O)cc12. The first-order valence-corrected chi connectivity index (χ1v) is 43.2. The van der Waals surface area contributed by atoms with Crippen molar-refractivity contribution in [2.24, 2.45) is 61.4 Å². The molecule has 0 heterocycles. The number of hydrogen-bond acceptors (Lipinski definition) is 34. The number of fused-ring (bicyclic) bond motifs is 4. The Hall–Kier alpha value is -15.2. The molecule has 0 saturated heterocycles. The molecule has 48 heteroatoms. The Labute approximate surface area is 697 Å². The summed E-state index contributed by atoms with van der Waals surface area (Å²) in [6.07, 6.45) is 0. The summed E-state index contributed by atoms with van der Waals surface area (Å²) in [6.45, 7) is 0. The molecule has 0 amide bonds. The maximum atomic E-state index is 12.5. The highest BCUT2D eigenvalue weighted by Crippen LogP contribution is 2.51. The molecular formula is C76H54N18O24S6. The third-order valence-corrected chi connectivity index (χ3v) is 23.4. The minimum atomic E-state index is -5.17. The lowest BCUT2D eigenvalue weighted by Crippen LogP contribution is -2.03. The Balaban J connectivity index is 0.000000213. The quantitative estimate of drug-likeness (QED) is 0.00985. The average molecular weight is 1800 g/mol. The minimum Gasteiger partial charge on any atom is -0.505 e. The topological polar surface area (TPSA) is 705 Å². The second kappa shape index (κ2) is 33.8. The van der Waals surface area contributed by atoms with Crippen LogP contribution in [-0.2, 0) is 60.7 Å². The maximum absolute atomic E-state index is 12.5. The number of phenolic OH excluding ortho intramolecular Hbond substituents is 2. The Morgan fingerprint density at radius 2 is 0.524 bits per heavy atom. The standard InChI is InChI=1S/2C38H27N9O12S3/c39-30-15-16-31(28-14-13-27(19-29(28)30)60(51,52)53)44-41-23-5-1-20(2-6-23)21-3-7-24(8-4-21)43-46-37-33(62(57,58)59)18-22-17-32(61(54,55)56)36(35(40)34(22)38(37)48)45-42-25-9-11-26(12-10-25)47(49)50;39-30-15-16-31(29-19-27(60(51,52)53)13-14-28(29)30)44-41-23-5-1-20(2-6-23)21-3-7-24(8-4-21)43-46-37-33(62(57,58)59)18-22-17-32(61(54,55)56)36(35(40)34(22)38(37)48)45-42-25-9-11-26(12-10-25)47(49)50/h2*1-19,48H,39-40H2,(H,51,52,53)(H,54,55,56)(H,57,58,59). The second-order valence-corrected chi connectivity index (χ2v) is 34.6. The van der Waals surface area contributed by atoms with Crippen molar-refractivity contribution in [2.45, 2.75) is 29.4 Å². The van der Waals surface area contributed by atoms with Crippen LogP contribution in [-0.4, -0.2) is 97.9 Å². The molecule has 0 spiro atoms. The van der Waals surface area contributed by atoms with Gasteiger partial charge in [0, 0.05) is 57.2 Å². The van der Waals surface area contributed by atoms with Crippen LogP contribution in [0.2, 0.25) is 0 Å². The second-order valence-electron chi connectivity index (χ2n) is 26.2. The summed E-state index contributed by atoms with van der Waals surface area (Å²) < 4.78 is 205. The van der Waals surface area contributed by atoms with Gasteiger partial charge in [-0.3, -0.25) is 47.5 Å². The van der Waals surface area contributed by atoms with E-state index in [0.717, 1.165) is 59.7 Å². The minimum absolute atomic E-state index is 0.00798. The Kier molecular flexibility index (Phi) is 23.6. The van der Waals surface area contributed by atoms with E-state index in [-0.39, 0.29) is 60.4 Å². The number of nitro benzene ring substituents is 2. The summed E-state index contributed by atoms with van der Waals surface area (Å²) in [5.74, 6) is -1.93. The average Bonchev–Trinajstić information content (AvgIpc) is 0.742. The number of aromatic hydroxyl groups is 2. The fourth-order valence-corrected chi connectivity index (χ4v) is 15.9. The van der Waals surface area contributed by atoms with Gasteiger partial charge in [-0.1, -0.05) is 60.7 Å². The van der Waals surface area contributed by atoms with Crippen LogP contribution in [0.1, 0.15) is 0 Å². The van der Waals surface area contributed by atoms with Crippen LogP contribution in [0.15, 0.2) is 321 Å². The van der Waals surface area contributed by atoms with Crippen molar-refractivity contribution in [3.05, 3.63) is 251 Å². The van der Waals surface area contributed by atoms with E-state index in [9.17, 15) is 108 Å². The Morgan fingerprint density at radius 1 is 0.266 bits per heavy atom. The van der Waals surface area contributed by atoms with Gasteiger partial charge in [0.1, 0.15) is 42.3 Å². The van der Waals surface area contributed by atoms with Crippen molar-refractivity contribution < 1.29 is 97.9 Å². The van der Waals surface area contributed by atoms with E-state index in [0.29, 0.717) is 61.1 Å². The van der Waals surface area contributed by atoms with Crippen molar-refractivity contribution in [1.82, 2.24) is 0 Å². The zero-order chi connectivity index (χ0) is 89.4. The number of benzene rings is 14. The molecule has 628 valence electrons. The third kappa shape index (κ3) is 19.0. The van der Waals surface area contributed by atoms with E-state index < -0.39 is 147 Å². The monoisotopic (exact) mass is 1790 g/mol. The van der Waals surface area contributed by atoms with Gasteiger partial charge in [-0.2, -0.15) is 81.2 Å². The molecule has 0 aliphatic heterocycles. The first kappa shape index (κ1) is 86.6. The van der Waals surface area contributed by atoms with Gasteiger partial charge in [-0.15, -0.1) is 30.7 Å². The van der Waals surface area contributed by atoms with Crippen molar-refractivity contribution >= 4 is 206 Å². The van der Waals surface area contributed by atoms with Crippen molar-refractivity contribution in [1.29, 1.82) is 0 Å². The van der Waals surface area contributed by atoms with Gasteiger partial charge >= 0.3 is 0 Å². The number of rotatable bonds is 22. The number of nitrogens with zero attached hydrogens (tertiary/aromatic N) is 14. The summed E-state index contributed by atoms with van der Waals surface area (Å²) >= 11 is 0. The summed E-state index contributed by atoms with van der Waals surface area (Å²) in [7, 11) is -29.5. The maximum Gasteiger partial charge on any atom is 0.296 e. The van der Waals surface area contributed by atoms with Gasteiger partial charge in [-0.25, -0.2) is 0 Å². The highest BCUT2D eigenvalue weighted by atomic mass is 32.2. The van der Waals surface area contributed by atoms with Gasteiger partial charge in [0.05, 0.1) is 87.3 Å². The molecule has 0 unspecified atom stereocenters. The molecule has 0 aliphatic carbocycles. The molecule has 0 saturated carbocycles. The molecule has 0 radical (unpaired) electrons. The number of nitrogen functional groups attached to an aromatic ring is 4. The summed E-state index contributed by atoms with van der Waals surface area (Å²) in [6, 6.07) is 52.7. The number of nitro groups is 2. The Morgan fingerprint density at radius 3 is 0.823 bits per heavy atom. The lowest BCUT2D eigenvalue weighted by Gasteiger charge is -2.14. The predicted molar refractivity (Wildman–Crippen MR) is 451 cm³/mol. The molecule has 16 N–H and O–H groups in total. The number of hydrogen-bond donors (Lipinski definition) is 12. The molecule has 0 bridgehead atoms. The van der Waals surface area contributed by atoms with Crippen LogP contribution in [0.4, 0.5) is 102 Å². The number of azo groups is 6. The lowest BCUT2D eigenvalue weighted by molar-refractivity contribution is -0.385. The number of nitrogens with two attached hydrogens (primary N) is 4. The molecule has 14 rings (SSSR count). The van der Waals surface area contributed by atoms with Gasteiger partial charge in [0.2, 0.25) is 0 Å². The van der Waals surface area contributed by atoms with E-state index in [1.807, 2.05) is 0 Å². The van der Waals surface area contributed by atoms with Crippen LogP contribution in [0.3, 0.4) is 0 Å². The zero-order valence-electron chi connectivity index (χ0n) is 62.1. The first-order chi connectivity index (χ1) is 58.4. The third-order valence-electron chi connectivity index (χ3n) is 18.2. The Bertz CT molecular complexity index is 7760. The zero-order valence-corrected chi connectivity index (χ0v) is 67.0. The molecule has 0 fully saturated rings. The number of anilines is 4. The van der Waals surface area contributed by atoms with E-state index in [1.54, 1.807) is 91.0 Å². The van der Waals surface area contributed by atoms with Crippen LogP contribution in [0.5, 0.6) is 11.5 Å². The molecule has 42 nitrogen and oxygen atoms in total. The van der Waals surface area contributed by atoms with E-state index in [2.05, 4.69) is 61.4 Å². The predicted octanol–water partition coefficient (Wildman–Crippen LogP) is 18.8. The van der Waals surface area contributed by atoms with Gasteiger partial charge in [0.15, 0.2) is 11.5 Å². The van der Waals surface area contributed by atoms with Gasteiger partial charge < -0.3 is 33.1 Å². The molecule has 14 aromatic carbocycles. The highest BCUT2D eigenvalue weighted by Gasteiger charge is 2.31. The van der Waals surface area contributed by atoms with Crippen LogP contribution in [0, 0.1) is 20.2 Å². The van der Waals surface area contributed by atoms with Gasteiger partial charge in [0.25, 0.3) is 72.1 Å². The van der Waals surface area contributed by atoms with Crippen LogP contribution in [0.25, 0.3) is 65.3 Å². The van der Waals surface area contributed by atoms with Crippen molar-refractivity contribution in [3.63, 3.8) is 0 Å². The highest BCUT2D eigenvalue weighted by molar-refractivity contribution is 7.87. The van der Waals surface area contributed by atoms with Crippen LogP contribution < -0.4 is 22.9 Å². The largest absolute Gasteiger partial charge is 0.505 e. The fourth-order valence-electron chi connectivity index (χ4n) is 12.2. The van der Waals surface area contributed by atoms with Crippen molar-refractivity contribution in [2.75, 3.05) is 22.9 Å². The van der Waals surface area contributed by atoms with E-state index >= 15 is 0 Å². The fraction of sp³-hybridized carbons (Fsp3) is 0. The smallest absolute Gasteiger partial charge is 0.296 e. The summed E-state index contributed by atoms with van der Waals surface area (Å²) in [5.41, 5.74) is 25.3. The van der Waals surface area contributed by atoms with Gasteiger partial charge in [-0.05, 0) is 179 Å². The molecule has 124 heavy (non-hydrogen) atoms. The van der Waals surface area contributed by atoms with Crippen molar-refractivity contribution in [3.8, 4) is 33.8 Å². The van der Waals surface area contributed by atoms with E-state index in [1.165, 1.54) is 91.0 Å². The lowest BCUT2D eigenvalue weighted by atomic mass is 10.0. The normalized spacial score (nSPS) is 12.6. The van der Waals surface area contributed by atoms with Crippen LogP contribution >= 0.6 is 0 Å². The molecule has 0 aliphatic rings. The molecule has 0 aromatic heterocycles. The first-order valence-electron chi connectivity index (χ1n) is 34.5. The molecule has 14 aromatic rings. The summed E-state index contributed by atoms with van der Waals surface area (Å²) in [5, 5.41) is 93.0. The summed E-state index contributed by atoms with van der Waals surface area (Å²) in [4.78, 5) is 16.1. The number of non-ortho nitro benzene ring substituents is 2. The van der Waals surface area contributed by atoms with E-state index in [4.69, 9.17) is 22.9 Å². The molecule has 0 atom stereocenters. The molecular weight excluding hydrogens is 1740 g/mol.